The second-order valence-electron chi connectivity index (χ2n) is 8.66. The third-order valence-corrected chi connectivity index (χ3v) is 6.91. The van der Waals surface area contributed by atoms with Gasteiger partial charge in [-0.05, 0) is 37.5 Å². The number of hydrogen-bond acceptors (Lipinski definition) is 4. The molecule has 3 aliphatic rings. The quantitative estimate of drug-likeness (QED) is 0.659. The summed E-state index contributed by atoms with van der Waals surface area (Å²) in [4.78, 5) is 38.7. The molecule has 2 atom stereocenters. The molecule has 1 N–H and O–H groups in total. The van der Waals surface area contributed by atoms with Crippen LogP contribution in [0.3, 0.4) is 0 Å². The lowest BCUT2D eigenvalue weighted by Crippen LogP contribution is -2.41. The van der Waals surface area contributed by atoms with Gasteiger partial charge in [0.05, 0.1) is 11.8 Å². The van der Waals surface area contributed by atoms with Crippen LogP contribution >= 0.6 is 0 Å². The van der Waals surface area contributed by atoms with Gasteiger partial charge in [0, 0.05) is 33.2 Å². The highest BCUT2D eigenvalue weighted by Gasteiger charge is 2.47. The van der Waals surface area contributed by atoms with Gasteiger partial charge in [-0.2, -0.15) is 0 Å². The molecule has 2 aliphatic carbocycles. The number of nitrogens with one attached hydrogen (secondary N) is 1. The Morgan fingerprint density at radius 1 is 1.07 bits per heavy atom. The maximum absolute atomic E-state index is 12.5. The van der Waals surface area contributed by atoms with Crippen molar-refractivity contribution in [2.75, 3.05) is 26.8 Å². The third-order valence-electron chi connectivity index (χ3n) is 6.91. The summed E-state index contributed by atoms with van der Waals surface area (Å²) in [5.41, 5.74) is 0.137. The molecular formula is C21H34N2O4. The maximum atomic E-state index is 12.5. The number of carbonyl (C=O) groups excluding carboxylic acids is 3. The van der Waals surface area contributed by atoms with Gasteiger partial charge in [0.2, 0.25) is 17.7 Å². The van der Waals surface area contributed by atoms with Gasteiger partial charge in [0.25, 0.3) is 0 Å². The highest BCUT2D eigenvalue weighted by atomic mass is 16.5. The number of rotatable bonds is 8. The highest BCUT2D eigenvalue weighted by molar-refractivity contribution is 6.05. The molecule has 0 unspecified atom stereocenters. The van der Waals surface area contributed by atoms with Crippen molar-refractivity contribution in [1.29, 1.82) is 0 Å². The van der Waals surface area contributed by atoms with E-state index in [2.05, 4.69) is 5.32 Å². The molecule has 0 aromatic heterocycles. The Bertz CT molecular complexity index is 532. The van der Waals surface area contributed by atoms with Gasteiger partial charge in [-0.15, -0.1) is 0 Å². The Balaban J connectivity index is 1.47. The Kier molecular flexibility index (Phi) is 6.90. The number of hydrogen-bond donors (Lipinski definition) is 1. The molecule has 0 radical (unpaired) electrons. The lowest BCUT2D eigenvalue weighted by atomic mass is 9.72. The number of methoxy groups -OCH3 is 1. The van der Waals surface area contributed by atoms with E-state index in [4.69, 9.17) is 4.74 Å². The van der Waals surface area contributed by atoms with Crippen LogP contribution in [0.2, 0.25) is 0 Å². The average Bonchev–Trinajstić information content (AvgIpc) is 2.95. The number of imide groups is 1. The lowest BCUT2D eigenvalue weighted by Gasteiger charge is -2.37. The van der Waals surface area contributed by atoms with Crippen LogP contribution in [0.5, 0.6) is 0 Å². The van der Waals surface area contributed by atoms with E-state index in [1.54, 1.807) is 7.11 Å². The molecule has 1 saturated heterocycles. The molecular weight excluding hydrogens is 344 g/mol. The normalized spacial score (nSPS) is 27.5. The van der Waals surface area contributed by atoms with Gasteiger partial charge in [-0.1, -0.05) is 32.1 Å². The van der Waals surface area contributed by atoms with Crippen LogP contribution in [-0.2, 0) is 19.1 Å². The number of likely N-dealkylation sites (tertiary alicyclic amines) is 1. The summed E-state index contributed by atoms with van der Waals surface area (Å²) in [5.74, 6) is -0.432. The molecule has 6 heteroatoms. The Hall–Kier alpha value is -1.43. The fourth-order valence-corrected chi connectivity index (χ4v) is 5.17. The molecule has 0 spiro atoms. The van der Waals surface area contributed by atoms with Crippen molar-refractivity contribution >= 4 is 17.7 Å². The van der Waals surface area contributed by atoms with Crippen molar-refractivity contribution in [3.63, 3.8) is 0 Å². The minimum absolute atomic E-state index is 0.0543. The summed E-state index contributed by atoms with van der Waals surface area (Å²) in [6.45, 7) is 1.61. The predicted octanol–water partition coefficient (Wildman–Crippen LogP) is 2.65. The van der Waals surface area contributed by atoms with Gasteiger partial charge in [-0.3, -0.25) is 19.3 Å². The summed E-state index contributed by atoms with van der Waals surface area (Å²) >= 11 is 0. The first kappa shape index (κ1) is 20.3. The summed E-state index contributed by atoms with van der Waals surface area (Å²) in [7, 11) is 1.72. The first-order chi connectivity index (χ1) is 13.1. The molecule has 1 heterocycles. The fraction of sp³-hybridized carbons (Fsp3) is 0.857. The van der Waals surface area contributed by atoms with E-state index in [-0.39, 0.29) is 47.9 Å². The zero-order valence-corrected chi connectivity index (χ0v) is 16.6. The van der Waals surface area contributed by atoms with E-state index in [1.807, 2.05) is 0 Å². The van der Waals surface area contributed by atoms with Gasteiger partial charge < -0.3 is 10.1 Å². The zero-order valence-electron chi connectivity index (χ0n) is 16.6. The Morgan fingerprint density at radius 2 is 1.70 bits per heavy atom. The second-order valence-corrected chi connectivity index (χ2v) is 8.66. The second kappa shape index (κ2) is 9.18. The summed E-state index contributed by atoms with van der Waals surface area (Å²) in [6.07, 6.45) is 10.8. The van der Waals surface area contributed by atoms with Crippen LogP contribution in [0.15, 0.2) is 0 Å². The smallest absolute Gasteiger partial charge is 0.233 e. The molecule has 0 aromatic carbocycles. The van der Waals surface area contributed by atoms with Gasteiger partial charge in [0.1, 0.15) is 0 Å². The SMILES string of the molecule is COCCC1(CNC(=O)CCN2C(=O)[C@@H]3CCCC[C@H]3C2=O)CCCCC1. The average molecular weight is 379 g/mol. The van der Waals surface area contributed by atoms with Crippen molar-refractivity contribution in [2.45, 2.75) is 70.6 Å². The van der Waals surface area contributed by atoms with Gasteiger partial charge >= 0.3 is 0 Å². The summed E-state index contributed by atoms with van der Waals surface area (Å²) in [6, 6.07) is 0. The number of amides is 3. The van der Waals surface area contributed by atoms with Crippen molar-refractivity contribution in [3.05, 3.63) is 0 Å². The monoisotopic (exact) mass is 378 g/mol. The van der Waals surface area contributed by atoms with E-state index in [0.29, 0.717) is 6.54 Å². The predicted molar refractivity (Wildman–Crippen MR) is 102 cm³/mol. The minimum atomic E-state index is -0.131. The van der Waals surface area contributed by atoms with Crippen molar-refractivity contribution in [3.8, 4) is 0 Å². The van der Waals surface area contributed by atoms with E-state index in [1.165, 1.54) is 24.2 Å². The minimum Gasteiger partial charge on any atom is -0.385 e. The molecule has 2 saturated carbocycles. The van der Waals surface area contributed by atoms with Crippen LogP contribution in [0, 0.1) is 17.3 Å². The van der Waals surface area contributed by atoms with E-state index in [0.717, 1.165) is 51.6 Å². The first-order valence-corrected chi connectivity index (χ1v) is 10.7. The van der Waals surface area contributed by atoms with Crippen molar-refractivity contribution in [1.82, 2.24) is 10.2 Å². The van der Waals surface area contributed by atoms with E-state index in [9.17, 15) is 14.4 Å². The first-order valence-electron chi connectivity index (χ1n) is 10.7. The lowest BCUT2D eigenvalue weighted by molar-refractivity contribution is -0.140. The van der Waals surface area contributed by atoms with E-state index < -0.39 is 0 Å². The zero-order chi connectivity index (χ0) is 19.3. The summed E-state index contributed by atoms with van der Waals surface area (Å²) in [5, 5.41) is 3.07. The molecule has 0 bridgehead atoms. The molecule has 3 amide bonds. The van der Waals surface area contributed by atoms with Crippen molar-refractivity contribution in [2.24, 2.45) is 17.3 Å². The molecule has 3 rings (SSSR count). The maximum Gasteiger partial charge on any atom is 0.233 e. The Morgan fingerprint density at radius 3 is 2.30 bits per heavy atom. The van der Waals surface area contributed by atoms with E-state index >= 15 is 0 Å². The third kappa shape index (κ3) is 4.71. The summed E-state index contributed by atoms with van der Waals surface area (Å²) < 4.78 is 5.27. The number of nitrogens with zero attached hydrogens (tertiary/aromatic N) is 1. The molecule has 6 nitrogen and oxygen atoms in total. The van der Waals surface area contributed by atoms with Gasteiger partial charge in [-0.25, -0.2) is 0 Å². The number of carbonyl (C=O) groups is 3. The van der Waals surface area contributed by atoms with Crippen LogP contribution in [0.1, 0.15) is 70.6 Å². The van der Waals surface area contributed by atoms with Crippen LogP contribution < -0.4 is 5.32 Å². The number of ether oxygens (including phenoxy) is 1. The molecule has 0 aromatic rings. The topological polar surface area (TPSA) is 75.7 Å². The molecule has 27 heavy (non-hydrogen) atoms. The van der Waals surface area contributed by atoms with Crippen LogP contribution in [0.25, 0.3) is 0 Å². The largest absolute Gasteiger partial charge is 0.385 e. The standard InChI is InChI=1S/C21H34N2O4/c1-27-14-12-21(10-5-2-6-11-21)15-22-18(24)9-13-23-19(25)16-7-3-4-8-17(16)20(23)26/h16-17H,2-15H2,1H3,(H,22,24)/t16-,17-/m1/s1. The van der Waals surface area contributed by atoms with Crippen LogP contribution in [0.4, 0.5) is 0 Å². The van der Waals surface area contributed by atoms with Crippen molar-refractivity contribution < 1.29 is 19.1 Å². The Labute approximate surface area is 162 Å². The molecule has 152 valence electrons. The molecule has 3 fully saturated rings. The highest BCUT2D eigenvalue weighted by Crippen LogP contribution is 2.39. The van der Waals surface area contributed by atoms with Gasteiger partial charge in [0.15, 0.2) is 0 Å². The fourth-order valence-electron chi connectivity index (χ4n) is 5.17. The number of fused-ring (bicyclic) bond motifs is 1. The van der Waals surface area contributed by atoms with Crippen LogP contribution in [-0.4, -0.2) is 49.4 Å². The molecule has 1 aliphatic heterocycles.